The van der Waals surface area contributed by atoms with E-state index in [9.17, 15) is 4.39 Å². The highest BCUT2D eigenvalue weighted by Crippen LogP contribution is 2.31. The van der Waals surface area contributed by atoms with Crippen LogP contribution in [0.5, 0.6) is 0 Å². The van der Waals surface area contributed by atoms with Crippen molar-refractivity contribution in [2.24, 2.45) is 0 Å². The molecule has 0 aliphatic carbocycles. The number of piperazine rings is 1. The van der Waals surface area contributed by atoms with Crippen LogP contribution >= 0.6 is 0 Å². The van der Waals surface area contributed by atoms with Crippen molar-refractivity contribution in [1.82, 2.24) is 15.2 Å². The van der Waals surface area contributed by atoms with Gasteiger partial charge in [0, 0.05) is 36.9 Å². The van der Waals surface area contributed by atoms with Crippen molar-refractivity contribution in [2.75, 3.05) is 13.1 Å². The van der Waals surface area contributed by atoms with Gasteiger partial charge in [-0.2, -0.15) is 0 Å². The summed E-state index contributed by atoms with van der Waals surface area (Å²) >= 11 is 0. The van der Waals surface area contributed by atoms with E-state index in [1.54, 1.807) is 12.3 Å². The van der Waals surface area contributed by atoms with Gasteiger partial charge < -0.3 is 5.32 Å². The molecule has 112 valence electrons. The Morgan fingerprint density at radius 2 is 2.00 bits per heavy atom. The van der Waals surface area contributed by atoms with Crippen molar-refractivity contribution in [3.63, 3.8) is 0 Å². The Kier molecular flexibility index (Phi) is 4.45. The molecule has 20 heavy (non-hydrogen) atoms. The van der Waals surface area contributed by atoms with E-state index in [4.69, 9.17) is 0 Å². The Hall–Kier alpha value is -1.00. The maximum Gasteiger partial charge on any atom is 0.141 e. The Balaban J connectivity index is 2.23. The molecular formula is C16H26FN3. The number of pyridine rings is 1. The number of hydrogen-bond acceptors (Lipinski definition) is 3. The first kappa shape index (κ1) is 15.4. The van der Waals surface area contributed by atoms with Gasteiger partial charge in [0.05, 0.1) is 6.20 Å². The van der Waals surface area contributed by atoms with Crippen molar-refractivity contribution >= 4 is 0 Å². The van der Waals surface area contributed by atoms with Gasteiger partial charge in [-0.1, -0.05) is 13.8 Å². The van der Waals surface area contributed by atoms with Crippen LogP contribution in [0.3, 0.4) is 0 Å². The third kappa shape index (κ3) is 3.18. The lowest BCUT2D eigenvalue weighted by Crippen LogP contribution is -2.67. The average Bonchev–Trinajstić information content (AvgIpc) is 2.39. The molecule has 3 nitrogen and oxygen atoms in total. The van der Waals surface area contributed by atoms with Crippen LogP contribution in [0.25, 0.3) is 0 Å². The molecule has 1 aromatic heterocycles. The lowest BCUT2D eigenvalue weighted by Gasteiger charge is -2.52. The highest BCUT2D eigenvalue weighted by Gasteiger charge is 2.41. The summed E-state index contributed by atoms with van der Waals surface area (Å²) in [6.45, 7) is 11.6. The molecule has 1 aliphatic rings. The second kappa shape index (κ2) is 5.78. The molecule has 0 radical (unpaired) electrons. The molecule has 4 heteroatoms. The quantitative estimate of drug-likeness (QED) is 0.918. The Morgan fingerprint density at radius 1 is 1.30 bits per heavy atom. The van der Waals surface area contributed by atoms with Crippen LogP contribution < -0.4 is 5.32 Å². The van der Waals surface area contributed by atoms with E-state index in [2.05, 4.69) is 42.9 Å². The summed E-state index contributed by atoms with van der Waals surface area (Å²) in [6.07, 6.45) is 5.22. The number of aromatic nitrogens is 1. The second-order valence-electron chi connectivity index (χ2n) is 6.54. The highest BCUT2D eigenvalue weighted by molar-refractivity contribution is 5.12. The van der Waals surface area contributed by atoms with Crippen LogP contribution in [0, 0.1) is 5.82 Å². The minimum Gasteiger partial charge on any atom is -0.309 e. The zero-order valence-corrected chi connectivity index (χ0v) is 13.0. The molecule has 1 saturated heterocycles. The van der Waals surface area contributed by atoms with E-state index in [0.29, 0.717) is 0 Å². The van der Waals surface area contributed by atoms with Gasteiger partial charge in [0.2, 0.25) is 0 Å². The number of nitrogens with one attached hydrogen (secondary N) is 1. The zero-order chi connectivity index (χ0) is 14.8. The molecule has 1 fully saturated rings. The molecule has 0 saturated carbocycles. The van der Waals surface area contributed by atoms with Gasteiger partial charge in [0.25, 0.3) is 0 Å². The topological polar surface area (TPSA) is 28.2 Å². The first-order valence-electron chi connectivity index (χ1n) is 7.50. The van der Waals surface area contributed by atoms with Crippen molar-refractivity contribution in [3.05, 3.63) is 29.8 Å². The predicted molar refractivity (Wildman–Crippen MR) is 80.0 cm³/mol. The summed E-state index contributed by atoms with van der Waals surface area (Å²) in [5.41, 5.74) is 1.20. The molecule has 1 aromatic rings. The number of hydrogen-bond donors (Lipinski definition) is 1. The molecule has 1 N–H and O–H groups in total. The Labute approximate surface area is 121 Å². The van der Waals surface area contributed by atoms with Crippen LogP contribution in [0.1, 0.15) is 46.1 Å². The zero-order valence-electron chi connectivity index (χ0n) is 13.0. The molecule has 2 heterocycles. The minimum absolute atomic E-state index is 0.0919. The number of rotatable bonds is 4. The predicted octanol–water partition coefficient (Wildman–Crippen LogP) is 2.96. The van der Waals surface area contributed by atoms with Crippen LogP contribution in [0.15, 0.2) is 18.5 Å². The van der Waals surface area contributed by atoms with Crippen molar-refractivity contribution in [3.8, 4) is 0 Å². The Morgan fingerprint density at radius 3 is 2.60 bits per heavy atom. The fourth-order valence-corrected chi connectivity index (χ4v) is 3.15. The maximum absolute atomic E-state index is 13.3. The fourth-order valence-electron chi connectivity index (χ4n) is 3.15. The lowest BCUT2D eigenvalue weighted by molar-refractivity contribution is 0.00221. The third-order valence-electron chi connectivity index (χ3n) is 4.60. The first-order chi connectivity index (χ1) is 9.41. The van der Waals surface area contributed by atoms with Gasteiger partial charge in [0.1, 0.15) is 5.82 Å². The van der Waals surface area contributed by atoms with E-state index in [1.165, 1.54) is 6.20 Å². The van der Waals surface area contributed by atoms with Crippen molar-refractivity contribution in [2.45, 2.75) is 58.2 Å². The number of halogens is 1. The first-order valence-corrected chi connectivity index (χ1v) is 7.50. The normalized spacial score (nSPS) is 21.9. The van der Waals surface area contributed by atoms with Gasteiger partial charge in [-0.15, -0.1) is 0 Å². The van der Waals surface area contributed by atoms with E-state index in [0.717, 1.165) is 38.0 Å². The molecule has 0 unspecified atom stereocenters. The summed E-state index contributed by atoms with van der Waals surface area (Å²) < 4.78 is 13.3. The Bertz CT molecular complexity index is 455. The van der Waals surface area contributed by atoms with Crippen LogP contribution in [0.4, 0.5) is 4.39 Å². The largest absolute Gasteiger partial charge is 0.309 e. The third-order valence-corrected chi connectivity index (χ3v) is 4.60. The van der Waals surface area contributed by atoms with E-state index in [1.807, 2.05) is 0 Å². The summed E-state index contributed by atoms with van der Waals surface area (Å²) in [6, 6.07) is 1.60. The molecule has 0 aromatic carbocycles. The van der Waals surface area contributed by atoms with Gasteiger partial charge in [0.15, 0.2) is 0 Å². The molecule has 1 aliphatic heterocycles. The van der Waals surface area contributed by atoms with E-state index in [-0.39, 0.29) is 16.9 Å². The average molecular weight is 279 g/mol. The monoisotopic (exact) mass is 279 g/mol. The molecular weight excluding hydrogens is 253 g/mol. The van der Waals surface area contributed by atoms with Crippen LogP contribution in [-0.4, -0.2) is 34.1 Å². The lowest BCUT2D eigenvalue weighted by atomic mass is 9.84. The van der Waals surface area contributed by atoms with Crippen LogP contribution in [0.2, 0.25) is 0 Å². The molecule has 0 atom stereocenters. The van der Waals surface area contributed by atoms with Gasteiger partial charge in [-0.3, -0.25) is 9.88 Å². The highest BCUT2D eigenvalue weighted by atomic mass is 19.1. The van der Waals surface area contributed by atoms with E-state index < -0.39 is 0 Å². The second-order valence-corrected chi connectivity index (χ2v) is 6.54. The smallest absolute Gasteiger partial charge is 0.141 e. The van der Waals surface area contributed by atoms with Gasteiger partial charge >= 0.3 is 0 Å². The maximum atomic E-state index is 13.3. The minimum atomic E-state index is -0.254. The summed E-state index contributed by atoms with van der Waals surface area (Å²) in [5.74, 6) is -0.254. The number of nitrogens with zero attached hydrogens (tertiary/aromatic N) is 2. The summed E-state index contributed by atoms with van der Waals surface area (Å²) in [7, 11) is 0. The van der Waals surface area contributed by atoms with Gasteiger partial charge in [-0.05, 0) is 38.3 Å². The molecule has 0 spiro atoms. The SMILES string of the molecule is CCC1(CC)CNC(C)(C)CN1Cc1cncc(F)c1. The van der Waals surface area contributed by atoms with Crippen LogP contribution in [-0.2, 0) is 6.54 Å². The van der Waals surface area contributed by atoms with E-state index >= 15 is 0 Å². The molecule has 2 rings (SSSR count). The standard InChI is InChI=1S/C16H26FN3/c1-5-16(6-2)11-19-15(3,4)12-20(16)10-13-7-14(17)9-18-8-13/h7-9,19H,5-6,10-12H2,1-4H3. The summed E-state index contributed by atoms with van der Waals surface area (Å²) in [5, 5.41) is 3.65. The summed E-state index contributed by atoms with van der Waals surface area (Å²) in [4.78, 5) is 6.47. The molecule has 0 bridgehead atoms. The van der Waals surface area contributed by atoms with Crippen molar-refractivity contribution < 1.29 is 4.39 Å². The van der Waals surface area contributed by atoms with Crippen molar-refractivity contribution in [1.29, 1.82) is 0 Å². The fraction of sp³-hybridized carbons (Fsp3) is 0.688. The molecule has 0 amide bonds. The van der Waals surface area contributed by atoms with Gasteiger partial charge in [-0.25, -0.2) is 4.39 Å².